The number of pyridine rings is 1. The van der Waals surface area contributed by atoms with E-state index in [0.29, 0.717) is 16.3 Å². The number of ketones is 1. The van der Waals surface area contributed by atoms with Crippen molar-refractivity contribution in [1.82, 2.24) is 4.98 Å². The molecule has 0 N–H and O–H groups in total. The van der Waals surface area contributed by atoms with Crippen LogP contribution in [-0.4, -0.2) is 17.4 Å². The SMILES string of the molecule is C=C(Cl)COc1ccc(C(=O)/C=C/c2cccnc2)cc1. The lowest BCUT2D eigenvalue weighted by molar-refractivity contribution is 0.104. The fourth-order valence-electron chi connectivity index (χ4n) is 1.62. The van der Waals surface area contributed by atoms with Crippen LogP contribution in [0, 0.1) is 0 Å². The van der Waals surface area contributed by atoms with Crippen LogP contribution in [0.25, 0.3) is 6.08 Å². The van der Waals surface area contributed by atoms with Gasteiger partial charge in [-0.15, -0.1) is 0 Å². The van der Waals surface area contributed by atoms with Crippen LogP contribution in [0.1, 0.15) is 15.9 Å². The molecule has 2 rings (SSSR count). The lowest BCUT2D eigenvalue weighted by atomic mass is 10.1. The molecule has 0 aliphatic carbocycles. The van der Waals surface area contributed by atoms with Gasteiger partial charge in [0, 0.05) is 23.0 Å². The minimum Gasteiger partial charge on any atom is -0.488 e. The van der Waals surface area contributed by atoms with Gasteiger partial charge in [-0.2, -0.15) is 0 Å². The third-order valence-corrected chi connectivity index (χ3v) is 2.75. The van der Waals surface area contributed by atoms with Gasteiger partial charge in [0.25, 0.3) is 0 Å². The van der Waals surface area contributed by atoms with Crippen molar-refractivity contribution in [1.29, 1.82) is 0 Å². The van der Waals surface area contributed by atoms with Gasteiger partial charge in [-0.1, -0.05) is 24.2 Å². The smallest absolute Gasteiger partial charge is 0.185 e. The molecule has 0 atom stereocenters. The third kappa shape index (κ3) is 4.89. The number of carbonyl (C=O) groups excluding carboxylic acids is 1. The molecule has 21 heavy (non-hydrogen) atoms. The number of carbonyl (C=O) groups is 1. The summed E-state index contributed by atoms with van der Waals surface area (Å²) in [4.78, 5) is 16.0. The van der Waals surface area contributed by atoms with Crippen LogP contribution in [-0.2, 0) is 0 Å². The Kier molecular flexibility index (Phi) is 5.29. The van der Waals surface area contributed by atoms with E-state index in [1.807, 2.05) is 12.1 Å². The van der Waals surface area contributed by atoms with Gasteiger partial charge in [0.2, 0.25) is 0 Å². The van der Waals surface area contributed by atoms with Crippen molar-refractivity contribution in [2.24, 2.45) is 0 Å². The highest BCUT2D eigenvalue weighted by Gasteiger charge is 2.02. The molecule has 3 nitrogen and oxygen atoms in total. The second kappa shape index (κ2) is 7.41. The Bertz CT molecular complexity index is 648. The fraction of sp³-hybridized carbons (Fsp3) is 0.0588. The molecule has 4 heteroatoms. The molecule has 0 unspecified atom stereocenters. The van der Waals surface area contributed by atoms with Crippen LogP contribution in [0.15, 0.2) is 66.5 Å². The number of allylic oxidation sites excluding steroid dienone is 1. The maximum atomic E-state index is 12.0. The average Bonchev–Trinajstić information content (AvgIpc) is 2.52. The van der Waals surface area contributed by atoms with Gasteiger partial charge in [0.05, 0.1) is 0 Å². The zero-order valence-electron chi connectivity index (χ0n) is 11.3. The Labute approximate surface area is 128 Å². The molecule has 0 spiro atoms. The van der Waals surface area contributed by atoms with Crippen LogP contribution in [0.3, 0.4) is 0 Å². The van der Waals surface area contributed by atoms with Crippen molar-refractivity contribution < 1.29 is 9.53 Å². The second-order valence-electron chi connectivity index (χ2n) is 4.31. The van der Waals surface area contributed by atoms with E-state index in [1.165, 1.54) is 6.08 Å². The number of ether oxygens (including phenoxy) is 1. The number of halogens is 1. The van der Waals surface area contributed by atoms with Gasteiger partial charge < -0.3 is 4.74 Å². The van der Waals surface area contributed by atoms with Crippen molar-refractivity contribution in [3.8, 4) is 5.75 Å². The molecule has 0 radical (unpaired) electrons. The normalized spacial score (nSPS) is 10.5. The summed E-state index contributed by atoms with van der Waals surface area (Å²) in [6.45, 7) is 3.79. The Balaban J connectivity index is 2.00. The molecule has 1 heterocycles. The van der Waals surface area contributed by atoms with Crippen LogP contribution in [0.4, 0.5) is 0 Å². The molecule has 0 aliphatic heterocycles. The minimum atomic E-state index is -0.0767. The number of nitrogens with zero attached hydrogens (tertiary/aromatic N) is 1. The monoisotopic (exact) mass is 299 g/mol. The van der Waals surface area contributed by atoms with E-state index < -0.39 is 0 Å². The highest BCUT2D eigenvalue weighted by atomic mass is 35.5. The predicted octanol–water partition coefficient (Wildman–Crippen LogP) is 4.11. The zero-order valence-corrected chi connectivity index (χ0v) is 12.1. The minimum absolute atomic E-state index is 0.0767. The van der Waals surface area contributed by atoms with Crippen molar-refractivity contribution in [2.75, 3.05) is 6.61 Å². The first-order valence-corrected chi connectivity index (χ1v) is 6.71. The summed E-state index contributed by atoms with van der Waals surface area (Å²) in [6, 6.07) is 10.6. The molecule has 1 aromatic heterocycles. The molecule has 1 aromatic carbocycles. The molecule has 106 valence electrons. The number of benzene rings is 1. The van der Waals surface area contributed by atoms with E-state index in [0.717, 1.165) is 5.56 Å². The standard InChI is InChI=1S/C17H14ClNO2/c1-13(18)12-21-16-7-5-15(6-8-16)17(20)9-4-14-3-2-10-19-11-14/h2-11H,1,12H2/b9-4+. The molecule has 0 amide bonds. The lowest BCUT2D eigenvalue weighted by Crippen LogP contribution is -1.98. The van der Waals surface area contributed by atoms with Crippen molar-refractivity contribution in [3.05, 3.63) is 77.6 Å². The summed E-state index contributed by atoms with van der Waals surface area (Å²) in [6.07, 6.45) is 6.64. The number of rotatable bonds is 6. The predicted molar refractivity (Wildman–Crippen MR) is 84.5 cm³/mol. The van der Waals surface area contributed by atoms with E-state index in [4.69, 9.17) is 16.3 Å². The molecular formula is C17H14ClNO2. The quantitative estimate of drug-likeness (QED) is 0.595. The molecule has 2 aromatic rings. The Morgan fingerprint density at radius 2 is 2.05 bits per heavy atom. The number of aromatic nitrogens is 1. The largest absolute Gasteiger partial charge is 0.488 e. The first kappa shape index (κ1) is 15.0. The van der Waals surface area contributed by atoms with Gasteiger partial charge in [-0.3, -0.25) is 9.78 Å². The van der Waals surface area contributed by atoms with Crippen molar-refractivity contribution >= 4 is 23.5 Å². The Morgan fingerprint density at radius 3 is 2.67 bits per heavy atom. The summed E-state index contributed by atoms with van der Waals surface area (Å²) < 4.78 is 5.36. The number of hydrogen-bond donors (Lipinski definition) is 0. The van der Waals surface area contributed by atoms with Gasteiger partial charge in [-0.25, -0.2) is 0 Å². The molecule has 0 saturated heterocycles. The summed E-state index contributed by atoms with van der Waals surface area (Å²) in [7, 11) is 0. The zero-order chi connectivity index (χ0) is 15.1. The topological polar surface area (TPSA) is 39.2 Å². The van der Waals surface area contributed by atoms with Crippen LogP contribution < -0.4 is 4.74 Å². The lowest BCUT2D eigenvalue weighted by Gasteiger charge is -2.04. The molecule has 0 saturated carbocycles. The van der Waals surface area contributed by atoms with Gasteiger partial charge >= 0.3 is 0 Å². The second-order valence-corrected chi connectivity index (χ2v) is 4.85. The molecule has 0 fully saturated rings. The molecule has 0 bridgehead atoms. The third-order valence-electron chi connectivity index (χ3n) is 2.65. The van der Waals surface area contributed by atoms with Crippen LogP contribution in [0.5, 0.6) is 5.75 Å². The van der Waals surface area contributed by atoms with E-state index in [-0.39, 0.29) is 12.4 Å². The highest BCUT2D eigenvalue weighted by molar-refractivity contribution is 6.29. The highest BCUT2D eigenvalue weighted by Crippen LogP contribution is 2.14. The first-order valence-electron chi connectivity index (χ1n) is 6.34. The Hall–Kier alpha value is -2.39. The van der Waals surface area contributed by atoms with Crippen LogP contribution in [0.2, 0.25) is 0 Å². The maximum Gasteiger partial charge on any atom is 0.185 e. The molecule has 0 aliphatic rings. The van der Waals surface area contributed by atoms with Gasteiger partial charge in [0.15, 0.2) is 5.78 Å². The maximum absolute atomic E-state index is 12.0. The van der Waals surface area contributed by atoms with E-state index in [9.17, 15) is 4.79 Å². The van der Waals surface area contributed by atoms with E-state index in [2.05, 4.69) is 11.6 Å². The molecular weight excluding hydrogens is 286 g/mol. The Morgan fingerprint density at radius 1 is 1.29 bits per heavy atom. The average molecular weight is 300 g/mol. The fourth-order valence-corrected chi connectivity index (χ4v) is 1.67. The van der Waals surface area contributed by atoms with Crippen molar-refractivity contribution in [2.45, 2.75) is 0 Å². The van der Waals surface area contributed by atoms with Gasteiger partial charge in [-0.05, 0) is 48.0 Å². The summed E-state index contributed by atoms with van der Waals surface area (Å²) in [5.41, 5.74) is 1.47. The van der Waals surface area contributed by atoms with E-state index >= 15 is 0 Å². The number of hydrogen-bond acceptors (Lipinski definition) is 3. The van der Waals surface area contributed by atoms with Gasteiger partial charge in [0.1, 0.15) is 12.4 Å². The summed E-state index contributed by atoms with van der Waals surface area (Å²) in [5.74, 6) is 0.566. The van der Waals surface area contributed by atoms with Crippen molar-refractivity contribution in [3.63, 3.8) is 0 Å². The summed E-state index contributed by atoms with van der Waals surface area (Å²) in [5, 5.41) is 0.426. The van der Waals surface area contributed by atoms with E-state index in [1.54, 1.807) is 42.7 Å². The van der Waals surface area contributed by atoms with Crippen LogP contribution >= 0.6 is 11.6 Å². The summed E-state index contributed by atoms with van der Waals surface area (Å²) >= 11 is 5.62. The first-order chi connectivity index (χ1) is 10.1.